The Bertz CT molecular complexity index is 314. The van der Waals surface area contributed by atoms with E-state index in [1.165, 1.54) is 31.2 Å². The molecule has 0 saturated heterocycles. The molecule has 66 valence electrons. The maximum absolute atomic E-state index is 3.64. The van der Waals surface area contributed by atoms with Crippen LogP contribution in [0.5, 0.6) is 0 Å². The van der Waals surface area contributed by atoms with E-state index < -0.39 is 0 Å². The summed E-state index contributed by atoms with van der Waals surface area (Å²) >= 11 is 0. The molecule has 2 atom stereocenters. The molecule has 0 heterocycles. The Hall–Kier alpha value is -0.780. The van der Waals surface area contributed by atoms with E-state index in [9.17, 15) is 0 Å². The van der Waals surface area contributed by atoms with E-state index >= 15 is 0 Å². The maximum Gasteiger partial charge on any atom is 0.0207 e. The molecular weight excluding hydrogens is 156 g/mol. The van der Waals surface area contributed by atoms with Crippen molar-refractivity contribution in [3.63, 3.8) is 0 Å². The van der Waals surface area contributed by atoms with Gasteiger partial charge in [0.1, 0.15) is 0 Å². The topological polar surface area (TPSA) is 0 Å². The molecule has 1 saturated carbocycles. The van der Waals surface area contributed by atoms with Gasteiger partial charge >= 0.3 is 0 Å². The van der Waals surface area contributed by atoms with Crippen LogP contribution in [0.4, 0.5) is 0 Å². The Kier molecular flexibility index (Phi) is 1.68. The van der Waals surface area contributed by atoms with E-state index in [-0.39, 0.29) is 0 Å². The molecule has 0 spiro atoms. The molecule has 3 rings (SSSR count). The normalized spacial score (nSPS) is 31.1. The Morgan fingerprint density at radius 2 is 1.92 bits per heavy atom. The van der Waals surface area contributed by atoms with Crippen molar-refractivity contribution in [3.8, 4) is 0 Å². The van der Waals surface area contributed by atoms with Crippen molar-refractivity contribution in [2.75, 3.05) is 0 Å². The monoisotopic (exact) mass is 170 g/mol. The summed E-state index contributed by atoms with van der Waals surface area (Å²) in [7, 11) is 0. The molecule has 0 N–H and O–H groups in total. The van der Waals surface area contributed by atoms with Crippen LogP contribution in [0.15, 0.2) is 24.3 Å². The first-order chi connectivity index (χ1) is 6.45. The molecule has 2 unspecified atom stereocenters. The Balaban J connectivity index is 2.01. The molecule has 1 aromatic rings. The minimum atomic E-state index is 0.742. The van der Waals surface area contributed by atoms with Gasteiger partial charge in [0.15, 0.2) is 0 Å². The summed E-state index contributed by atoms with van der Waals surface area (Å²) in [5.41, 5.74) is 2.95. The summed E-state index contributed by atoms with van der Waals surface area (Å²) in [6.07, 6.45) is 9.20. The van der Waals surface area contributed by atoms with Gasteiger partial charge in [0.25, 0.3) is 0 Å². The molecule has 2 aliphatic carbocycles. The third-order valence-electron chi connectivity index (χ3n) is 3.47. The molecule has 0 bridgehead atoms. The zero-order valence-electron chi connectivity index (χ0n) is 7.79. The van der Waals surface area contributed by atoms with Crippen molar-refractivity contribution in [2.24, 2.45) is 5.92 Å². The fourth-order valence-corrected chi connectivity index (χ4v) is 2.83. The first-order valence-electron chi connectivity index (χ1n) is 5.30. The first-order valence-corrected chi connectivity index (χ1v) is 5.30. The molecule has 0 aliphatic heterocycles. The molecule has 1 aromatic carbocycles. The van der Waals surface area contributed by atoms with Crippen molar-refractivity contribution < 1.29 is 0 Å². The second kappa shape index (κ2) is 2.87. The average molecular weight is 170 g/mol. The lowest BCUT2D eigenvalue weighted by atomic mass is 9.80. The summed E-state index contributed by atoms with van der Waals surface area (Å²) in [6.45, 7) is 0. The quantitative estimate of drug-likeness (QED) is 0.559. The van der Waals surface area contributed by atoms with E-state index in [2.05, 4.69) is 30.7 Å². The van der Waals surface area contributed by atoms with Crippen LogP contribution in [-0.4, -0.2) is 0 Å². The zero-order chi connectivity index (χ0) is 8.67. The predicted molar refractivity (Wildman–Crippen MR) is 53.5 cm³/mol. The van der Waals surface area contributed by atoms with Crippen LogP contribution in [0.2, 0.25) is 0 Å². The van der Waals surface area contributed by atoms with Gasteiger partial charge in [-0.25, -0.2) is 0 Å². The molecule has 2 aliphatic rings. The highest BCUT2D eigenvalue weighted by Crippen LogP contribution is 2.47. The number of hydrogen-bond donors (Lipinski definition) is 0. The SMILES string of the molecule is [C]1c2ccccc2C2CCCCC12. The Morgan fingerprint density at radius 3 is 2.92 bits per heavy atom. The maximum atomic E-state index is 3.64. The van der Waals surface area contributed by atoms with E-state index in [0.717, 1.165) is 11.8 Å². The zero-order valence-corrected chi connectivity index (χ0v) is 7.79. The highest BCUT2D eigenvalue weighted by Gasteiger charge is 2.34. The number of fused-ring (bicyclic) bond motifs is 3. The molecule has 0 nitrogen and oxygen atoms in total. The van der Waals surface area contributed by atoms with Crippen LogP contribution in [0.1, 0.15) is 42.7 Å². The summed E-state index contributed by atoms with van der Waals surface area (Å²) in [5.74, 6) is 1.55. The molecule has 1 fully saturated rings. The van der Waals surface area contributed by atoms with Gasteiger partial charge in [-0.15, -0.1) is 0 Å². The fraction of sp³-hybridized carbons (Fsp3) is 0.462. The Labute approximate surface area is 80.0 Å². The van der Waals surface area contributed by atoms with E-state index in [1.54, 1.807) is 5.56 Å². The largest absolute Gasteiger partial charge is 0.0620 e. The fourth-order valence-electron chi connectivity index (χ4n) is 2.83. The summed E-state index contributed by atoms with van der Waals surface area (Å²) in [6, 6.07) is 8.80. The molecule has 0 heteroatoms. The van der Waals surface area contributed by atoms with Crippen LogP contribution in [0.25, 0.3) is 0 Å². The van der Waals surface area contributed by atoms with Crippen molar-refractivity contribution >= 4 is 0 Å². The summed E-state index contributed by atoms with van der Waals surface area (Å²) < 4.78 is 0. The van der Waals surface area contributed by atoms with E-state index in [1.807, 2.05) is 0 Å². The molecule has 13 heavy (non-hydrogen) atoms. The summed E-state index contributed by atoms with van der Waals surface area (Å²) in [5, 5.41) is 0. The van der Waals surface area contributed by atoms with Crippen molar-refractivity contribution in [1.29, 1.82) is 0 Å². The minimum Gasteiger partial charge on any atom is -0.0620 e. The standard InChI is InChI=1S/C13H14/c1-3-7-12-10(5-1)9-11-6-2-4-8-13(11)12/h1,3,5,7,11,13H,2,4,6,8H2. The van der Waals surface area contributed by atoms with Crippen LogP contribution in [0, 0.1) is 12.3 Å². The van der Waals surface area contributed by atoms with Gasteiger partial charge < -0.3 is 0 Å². The predicted octanol–water partition coefficient (Wildman–Crippen LogP) is 3.40. The smallest absolute Gasteiger partial charge is 0.0207 e. The van der Waals surface area contributed by atoms with Gasteiger partial charge in [0, 0.05) is 6.42 Å². The van der Waals surface area contributed by atoms with Crippen LogP contribution in [0.3, 0.4) is 0 Å². The van der Waals surface area contributed by atoms with E-state index in [0.29, 0.717) is 0 Å². The molecule has 0 amide bonds. The van der Waals surface area contributed by atoms with Crippen molar-refractivity contribution in [3.05, 3.63) is 41.8 Å². The van der Waals surface area contributed by atoms with Crippen LogP contribution < -0.4 is 0 Å². The second-order valence-corrected chi connectivity index (χ2v) is 4.23. The molecule has 2 radical (unpaired) electrons. The van der Waals surface area contributed by atoms with Gasteiger partial charge in [-0.05, 0) is 35.8 Å². The third kappa shape index (κ3) is 1.12. The van der Waals surface area contributed by atoms with Crippen LogP contribution in [-0.2, 0) is 0 Å². The highest BCUT2D eigenvalue weighted by atomic mass is 14.4. The molecular formula is C13H14. The number of benzene rings is 1. The molecule has 0 aromatic heterocycles. The number of rotatable bonds is 0. The first kappa shape index (κ1) is 7.61. The van der Waals surface area contributed by atoms with Gasteiger partial charge in [0.2, 0.25) is 0 Å². The van der Waals surface area contributed by atoms with Gasteiger partial charge in [-0.2, -0.15) is 0 Å². The minimum absolute atomic E-state index is 0.742. The van der Waals surface area contributed by atoms with Crippen molar-refractivity contribution in [2.45, 2.75) is 31.6 Å². The lowest BCUT2D eigenvalue weighted by Gasteiger charge is -2.25. The Morgan fingerprint density at radius 1 is 1.08 bits per heavy atom. The third-order valence-corrected chi connectivity index (χ3v) is 3.47. The van der Waals surface area contributed by atoms with Gasteiger partial charge in [0.05, 0.1) is 0 Å². The second-order valence-electron chi connectivity index (χ2n) is 4.23. The highest BCUT2D eigenvalue weighted by molar-refractivity contribution is 5.43. The van der Waals surface area contributed by atoms with E-state index in [4.69, 9.17) is 0 Å². The van der Waals surface area contributed by atoms with Gasteiger partial charge in [-0.1, -0.05) is 37.1 Å². The van der Waals surface area contributed by atoms with Gasteiger partial charge in [-0.3, -0.25) is 0 Å². The number of hydrogen-bond acceptors (Lipinski definition) is 0. The van der Waals surface area contributed by atoms with Crippen molar-refractivity contribution in [1.82, 2.24) is 0 Å². The summed E-state index contributed by atoms with van der Waals surface area (Å²) in [4.78, 5) is 0. The lowest BCUT2D eigenvalue weighted by molar-refractivity contribution is 0.365. The average Bonchev–Trinajstić information content (AvgIpc) is 2.56. The van der Waals surface area contributed by atoms with Crippen LogP contribution >= 0.6 is 0 Å². The lowest BCUT2D eigenvalue weighted by Crippen LogP contribution is -2.11.